The molecule has 26 heavy (non-hydrogen) atoms. The highest BCUT2D eigenvalue weighted by Crippen LogP contribution is 2.52. The van der Waals surface area contributed by atoms with Gasteiger partial charge in [-0.05, 0) is 25.7 Å². The van der Waals surface area contributed by atoms with Crippen LogP contribution in [0.5, 0.6) is 5.88 Å². The van der Waals surface area contributed by atoms with Gasteiger partial charge in [-0.1, -0.05) is 31.0 Å². The van der Waals surface area contributed by atoms with Crippen molar-refractivity contribution in [1.29, 1.82) is 0 Å². The van der Waals surface area contributed by atoms with E-state index < -0.39 is 5.82 Å². The van der Waals surface area contributed by atoms with Crippen LogP contribution in [0, 0.1) is 24.6 Å². The fraction of sp³-hybridized carbons (Fsp3) is 0.722. The topological polar surface area (TPSA) is 76.6 Å². The standard InChI is InChI=1S/C18H26FN5OS/c1-11-14(19)15(25-2)23-17(22-11)24-9-13-8-21-16(20)26-18(13,10-24)12-6-4-3-5-7-12/h12-13H,3-10H2,1-2H3,(H2,20,21)/t13-,18+/m0/s1. The number of anilines is 1. The predicted octanol–water partition coefficient (Wildman–Crippen LogP) is 2.75. The van der Waals surface area contributed by atoms with E-state index in [0.29, 0.717) is 28.6 Å². The van der Waals surface area contributed by atoms with Gasteiger partial charge >= 0.3 is 0 Å². The normalized spacial score (nSPS) is 29.4. The molecular weight excluding hydrogens is 353 g/mol. The molecule has 0 spiro atoms. The zero-order chi connectivity index (χ0) is 18.3. The summed E-state index contributed by atoms with van der Waals surface area (Å²) in [7, 11) is 1.44. The summed E-state index contributed by atoms with van der Waals surface area (Å²) in [5.74, 6) is 1.12. The first-order chi connectivity index (χ1) is 12.5. The van der Waals surface area contributed by atoms with E-state index in [0.717, 1.165) is 19.6 Å². The van der Waals surface area contributed by atoms with Crippen molar-refractivity contribution in [3.05, 3.63) is 11.5 Å². The molecule has 1 aliphatic carbocycles. The van der Waals surface area contributed by atoms with E-state index >= 15 is 0 Å². The number of hydrogen-bond acceptors (Lipinski definition) is 7. The fourth-order valence-corrected chi connectivity index (χ4v) is 6.22. The highest BCUT2D eigenvalue weighted by molar-refractivity contribution is 8.15. The summed E-state index contributed by atoms with van der Waals surface area (Å²) >= 11 is 1.75. The van der Waals surface area contributed by atoms with Crippen molar-refractivity contribution >= 4 is 22.9 Å². The zero-order valence-electron chi connectivity index (χ0n) is 15.4. The lowest BCUT2D eigenvalue weighted by molar-refractivity contribution is 0.251. The maximum absolute atomic E-state index is 14.1. The van der Waals surface area contributed by atoms with Crippen LogP contribution < -0.4 is 15.4 Å². The van der Waals surface area contributed by atoms with Crippen molar-refractivity contribution in [2.45, 2.75) is 43.8 Å². The number of fused-ring (bicyclic) bond motifs is 1. The van der Waals surface area contributed by atoms with E-state index in [1.54, 1.807) is 18.7 Å². The molecule has 6 nitrogen and oxygen atoms in total. The number of aliphatic imine (C=N–C) groups is 1. The molecule has 142 valence electrons. The van der Waals surface area contributed by atoms with Gasteiger partial charge in [0.1, 0.15) is 0 Å². The molecule has 2 aliphatic heterocycles. The molecule has 1 saturated heterocycles. The van der Waals surface area contributed by atoms with Gasteiger partial charge in [-0.3, -0.25) is 4.99 Å². The molecule has 2 fully saturated rings. The Labute approximate surface area is 157 Å². The number of halogens is 1. The van der Waals surface area contributed by atoms with Gasteiger partial charge in [-0.15, -0.1) is 0 Å². The Bertz CT molecular complexity index is 724. The monoisotopic (exact) mass is 379 g/mol. The SMILES string of the molecule is COc1nc(N2C[C@@H]3CN=C(N)S[C@@]3(C3CCCCC3)C2)nc(C)c1F. The van der Waals surface area contributed by atoms with Crippen molar-refractivity contribution in [3.8, 4) is 5.88 Å². The van der Waals surface area contributed by atoms with Crippen LogP contribution in [0.25, 0.3) is 0 Å². The summed E-state index contributed by atoms with van der Waals surface area (Å²) < 4.78 is 19.2. The number of nitrogens with two attached hydrogens (primary N) is 1. The lowest BCUT2D eigenvalue weighted by Gasteiger charge is -2.44. The second-order valence-corrected chi connectivity index (χ2v) is 8.96. The molecule has 4 rings (SSSR count). The number of rotatable bonds is 3. The average molecular weight is 380 g/mol. The van der Waals surface area contributed by atoms with Crippen LogP contribution in [0.1, 0.15) is 37.8 Å². The summed E-state index contributed by atoms with van der Waals surface area (Å²) in [5, 5.41) is 0.697. The van der Waals surface area contributed by atoms with Crippen LogP contribution in [0.4, 0.5) is 10.3 Å². The third kappa shape index (κ3) is 2.92. The zero-order valence-corrected chi connectivity index (χ0v) is 16.2. The van der Waals surface area contributed by atoms with Crippen LogP contribution in [-0.2, 0) is 0 Å². The van der Waals surface area contributed by atoms with E-state index in [4.69, 9.17) is 10.5 Å². The number of methoxy groups -OCH3 is 1. The van der Waals surface area contributed by atoms with Crippen LogP contribution in [-0.4, -0.2) is 46.6 Å². The summed E-state index contributed by atoms with van der Waals surface area (Å²) in [4.78, 5) is 15.4. The predicted molar refractivity (Wildman–Crippen MR) is 102 cm³/mol. The van der Waals surface area contributed by atoms with Gasteiger partial charge in [0.2, 0.25) is 11.8 Å². The van der Waals surface area contributed by atoms with Crippen molar-refractivity contribution in [1.82, 2.24) is 9.97 Å². The quantitative estimate of drug-likeness (QED) is 0.870. The number of hydrogen-bond donors (Lipinski definition) is 1. The first-order valence-electron chi connectivity index (χ1n) is 9.35. The lowest BCUT2D eigenvalue weighted by atomic mass is 9.74. The average Bonchev–Trinajstić information content (AvgIpc) is 3.04. The molecule has 0 amide bonds. The molecule has 1 aromatic rings. The molecule has 0 aromatic carbocycles. The third-order valence-corrected chi connectivity index (χ3v) is 7.59. The minimum atomic E-state index is -0.489. The number of thioether (sulfide) groups is 1. The second kappa shape index (κ2) is 6.87. The Morgan fingerprint density at radius 1 is 1.23 bits per heavy atom. The minimum Gasteiger partial charge on any atom is -0.479 e. The van der Waals surface area contributed by atoms with Gasteiger partial charge in [0.25, 0.3) is 5.88 Å². The van der Waals surface area contributed by atoms with E-state index in [1.165, 1.54) is 39.2 Å². The number of nitrogens with zero attached hydrogens (tertiary/aromatic N) is 4. The highest BCUT2D eigenvalue weighted by Gasteiger charge is 2.54. The lowest BCUT2D eigenvalue weighted by Crippen LogP contribution is -2.48. The highest BCUT2D eigenvalue weighted by atomic mass is 32.2. The molecule has 3 heterocycles. The smallest absolute Gasteiger partial charge is 0.255 e. The van der Waals surface area contributed by atoms with Gasteiger partial charge in [0, 0.05) is 25.6 Å². The largest absolute Gasteiger partial charge is 0.479 e. The van der Waals surface area contributed by atoms with Crippen LogP contribution in [0.15, 0.2) is 4.99 Å². The molecule has 0 unspecified atom stereocenters. The summed E-state index contributed by atoms with van der Waals surface area (Å²) in [6.45, 7) is 4.06. The van der Waals surface area contributed by atoms with Crippen molar-refractivity contribution in [3.63, 3.8) is 0 Å². The fourth-order valence-electron chi connectivity index (χ4n) is 4.75. The Morgan fingerprint density at radius 3 is 2.73 bits per heavy atom. The van der Waals surface area contributed by atoms with Gasteiger partial charge in [-0.2, -0.15) is 9.37 Å². The number of aryl methyl sites for hydroxylation is 1. The van der Waals surface area contributed by atoms with Crippen molar-refractivity contribution in [2.24, 2.45) is 22.6 Å². The first-order valence-corrected chi connectivity index (χ1v) is 10.2. The number of aromatic nitrogens is 2. The third-order valence-electron chi connectivity index (χ3n) is 6.08. The Kier molecular flexibility index (Phi) is 4.71. The van der Waals surface area contributed by atoms with E-state index in [2.05, 4.69) is 19.9 Å². The van der Waals surface area contributed by atoms with Gasteiger partial charge in [-0.25, -0.2) is 4.98 Å². The van der Waals surface area contributed by atoms with Gasteiger partial charge < -0.3 is 15.4 Å². The molecular formula is C18H26FN5OS. The molecule has 3 aliphatic rings. The maximum atomic E-state index is 14.1. The molecule has 2 atom stereocenters. The van der Waals surface area contributed by atoms with Crippen molar-refractivity contribution < 1.29 is 9.13 Å². The first kappa shape index (κ1) is 17.8. The van der Waals surface area contributed by atoms with Crippen molar-refractivity contribution in [2.75, 3.05) is 31.6 Å². The number of ether oxygens (including phenoxy) is 1. The second-order valence-electron chi connectivity index (χ2n) is 7.58. The minimum absolute atomic E-state index is 0.0116. The van der Waals surface area contributed by atoms with Crippen LogP contribution in [0.2, 0.25) is 0 Å². The summed E-state index contributed by atoms with van der Waals surface area (Å²) in [6.07, 6.45) is 6.40. The molecule has 8 heteroatoms. The van der Waals surface area contributed by atoms with Gasteiger partial charge in [0.05, 0.1) is 17.6 Å². The molecule has 0 radical (unpaired) electrons. The molecule has 0 bridgehead atoms. The Morgan fingerprint density at radius 2 is 2.00 bits per heavy atom. The van der Waals surface area contributed by atoms with E-state index in [-0.39, 0.29) is 10.6 Å². The summed E-state index contributed by atoms with van der Waals surface area (Å²) in [6, 6.07) is 0. The Hall–Kier alpha value is -1.57. The van der Waals surface area contributed by atoms with E-state index in [1.807, 2.05) is 0 Å². The summed E-state index contributed by atoms with van der Waals surface area (Å²) in [5.41, 5.74) is 6.47. The van der Waals surface area contributed by atoms with E-state index in [9.17, 15) is 4.39 Å². The molecule has 2 N–H and O–H groups in total. The molecule has 1 aromatic heterocycles. The maximum Gasteiger partial charge on any atom is 0.255 e. The number of amidine groups is 1. The van der Waals surface area contributed by atoms with Crippen LogP contribution in [0.3, 0.4) is 0 Å². The molecule has 1 saturated carbocycles. The van der Waals surface area contributed by atoms with Gasteiger partial charge in [0.15, 0.2) is 5.17 Å². The Balaban J connectivity index is 1.66. The van der Waals surface area contributed by atoms with Crippen LogP contribution >= 0.6 is 11.8 Å².